The van der Waals surface area contributed by atoms with E-state index in [1.807, 2.05) is 0 Å². The Kier molecular flexibility index (Phi) is 2.32. The summed E-state index contributed by atoms with van der Waals surface area (Å²) in [5.74, 6) is 1.20. The van der Waals surface area contributed by atoms with Crippen molar-refractivity contribution in [2.24, 2.45) is 11.3 Å². The molecule has 0 radical (unpaired) electrons. The minimum Gasteiger partial charge on any atom is -0.339 e. The fraction of sp³-hybridized carbons (Fsp3) is 0.917. The molecule has 1 aliphatic heterocycles. The maximum atomic E-state index is 12.0. The second-order valence-corrected chi connectivity index (χ2v) is 6.12. The van der Waals surface area contributed by atoms with Gasteiger partial charge in [0.25, 0.3) is 0 Å². The van der Waals surface area contributed by atoms with Crippen molar-refractivity contribution in [3.63, 3.8) is 0 Å². The molecule has 2 nitrogen and oxygen atoms in total. The van der Waals surface area contributed by atoms with Gasteiger partial charge in [-0.2, -0.15) is 0 Å². The maximum Gasteiger partial charge on any atom is 0.223 e. The van der Waals surface area contributed by atoms with Gasteiger partial charge < -0.3 is 4.90 Å². The molecule has 2 fully saturated rings. The molecular weight excluding hydrogens is 174 g/mol. The highest BCUT2D eigenvalue weighted by atomic mass is 16.2. The molecule has 2 bridgehead atoms. The monoisotopic (exact) mass is 195 g/mol. The van der Waals surface area contributed by atoms with Gasteiger partial charge >= 0.3 is 0 Å². The average molecular weight is 195 g/mol. The van der Waals surface area contributed by atoms with Gasteiger partial charge in [0.05, 0.1) is 0 Å². The minimum atomic E-state index is 0.138. The summed E-state index contributed by atoms with van der Waals surface area (Å²) < 4.78 is 0. The van der Waals surface area contributed by atoms with Crippen molar-refractivity contribution in [2.45, 2.75) is 52.5 Å². The number of carbonyl (C=O) groups excluding carboxylic acids is 1. The predicted octanol–water partition coefficient (Wildman–Crippen LogP) is 2.43. The van der Waals surface area contributed by atoms with Crippen LogP contribution in [0.25, 0.3) is 0 Å². The van der Waals surface area contributed by atoms with Gasteiger partial charge in [-0.3, -0.25) is 4.79 Å². The van der Waals surface area contributed by atoms with Crippen molar-refractivity contribution in [2.75, 3.05) is 6.54 Å². The third-order valence-electron chi connectivity index (χ3n) is 3.41. The van der Waals surface area contributed by atoms with Gasteiger partial charge in [-0.1, -0.05) is 20.8 Å². The Morgan fingerprint density at radius 2 is 2.07 bits per heavy atom. The molecule has 2 rings (SSSR count). The van der Waals surface area contributed by atoms with E-state index < -0.39 is 0 Å². The van der Waals surface area contributed by atoms with Crippen LogP contribution in [0.1, 0.15) is 46.5 Å². The highest BCUT2D eigenvalue weighted by Crippen LogP contribution is 2.38. The topological polar surface area (TPSA) is 20.3 Å². The number of nitrogens with zero attached hydrogens (tertiary/aromatic N) is 1. The van der Waals surface area contributed by atoms with Gasteiger partial charge in [-0.25, -0.2) is 0 Å². The highest BCUT2D eigenvalue weighted by molar-refractivity contribution is 5.77. The molecule has 1 saturated carbocycles. The fourth-order valence-electron chi connectivity index (χ4n) is 2.79. The van der Waals surface area contributed by atoms with Crippen molar-refractivity contribution in [3.05, 3.63) is 0 Å². The average Bonchev–Trinajstić information content (AvgIpc) is 2.59. The summed E-state index contributed by atoms with van der Waals surface area (Å²) in [7, 11) is 0. The molecule has 80 valence electrons. The van der Waals surface area contributed by atoms with Gasteiger partial charge in [0.15, 0.2) is 0 Å². The lowest BCUT2D eigenvalue weighted by Gasteiger charge is -2.29. The summed E-state index contributed by atoms with van der Waals surface area (Å²) in [6.07, 6.45) is 4.58. The van der Waals surface area contributed by atoms with Gasteiger partial charge in [0.1, 0.15) is 0 Å². The molecule has 1 amide bonds. The third kappa shape index (κ3) is 1.94. The van der Waals surface area contributed by atoms with E-state index in [0.29, 0.717) is 18.4 Å². The first kappa shape index (κ1) is 10.0. The van der Waals surface area contributed by atoms with E-state index in [1.54, 1.807) is 0 Å². The lowest BCUT2D eigenvalue weighted by molar-refractivity contribution is -0.134. The van der Waals surface area contributed by atoms with E-state index in [4.69, 9.17) is 0 Å². The predicted molar refractivity (Wildman–Crippen MR) is 56.9 cm³/mol. The maximum absolute atomic E-state index is 12.0. The zero-order chi connectivity index (χ0) is 10.3. The standard InChI is InChI=1S/C12H21NO/c1-12(2,3)7-11(14)13-8-9-4-5-10(13)6-9/h9-10H,4-8H2,1-3H3/t9-,10+/m0/s1. The Hall–Kier alpha value is -0.530. The molecule has 2 atom stereocenters. The van der Waals surface area contributed by atoms with E-state index in [2.05, 4.69) is 25.7 Å². The van der Waals surface area contributed by atoms with Crippen molar-refractivity contribution in [1.29, 1.82) is 0 Å². The van der Waals surface area contributed by atoms with Crippen LogP contribution < -0.4 is 0 Å². The number of carbonyl (C=O) groups is 1. The smallest absolute Gasteiger partial charge is 0.223 e. The lowest BCUT2D eigenvalue weighted by atomic mass is 9.91. The molecule has 1 aliphatic carbocycles. The number of likely N-dealkylation sites (tertiary alicyclic amines) is 1. The quantitative estimate of drug-likeness (QED) is 0.629. The molecule has 14 heavy (non-hydrogen) atoms. The number of hydrogen-bond acceptors (Lipinski definition) is 1. The molecule has 0 aromatic rings. The van der Waals surface area contributed by atoms with E-state index in [-0.39, 0.29) is 5.41 Å². The summed E-state index contributed by atoms with van der Waals surface area (Å²) in [6, 6.07) is 0.592. The SMILES string of the molecule is CC(C)(C)CC(=O)N1C[C@H]2CC[C@@H]1C2. The Bertz CT molecular complexity index is 241. The summed E-state index contributed by atoms with van der Waals surface area (Å²) in [5.41, 5.74) is 0.138. The molecule has 2 aliphatic rings. The first-order chi connectivity index (χ1) is 6.46. The van der Waals surface area contributed by atoms with Crippen LogP contribution >= 0.6 is 0 Å². The molecule has 1 saturated heterocycles. The van der Waals surface area contributed by atoms with Crippen LogP contribution in [0.4, 0.5) is 0 Å². The molecular formula is C12H21NO. The Morgan fingerprint density at radius 3 is 2.50 bits per heavy atom. The zero-order valence-electron chi connectivity index (χ0n) is 9.55. The number of rotatable bonds is 1. The molecule has 0 N–H and O–H groups in total. The molecule has 2 heteroatoms. The zero-order valence-corrected chi connectivity index (χ0v) is 9.55. The van der Waals surface area contributed by atoms with Crippen LogP contribution in [0.2, 0.25) is 0 Å². The summed E-state index contributed by atoms with van der Waals surface area (Å²) in [5, 5.41) is 0. The summed E-state index contributed by atoms with van der Waals surface area (Å²) >= 11 is 0. The van der Waals surface area contributed by atoms with Crippen LogP contribution in [-0.2, 0) is 4.79 Å². The summed E-state index contributed by atoms with van der Waals surface area (Å²) in [4.78, 5) is 14.1. The van der Waals surface area contributed by atoms with Gasteiger partial charge in [0.2, 0.25) is 5.91 Å². The van der Waals surface area contributed by atoms with E-state index >= 15 is 0 Å². The Labute approximate surface area is 86.7 Å². The molecule has 0 unspecified atom stereocenters. The van der Waals surface area contributed by atoms with Gasteiger partial charge in [0, 0.05) is 19.0 Å². The molecule has 0 aromatic carbocycles. The number of hydrogen-bond donors (Lipinski definition) is 0. The van der Waals surface area contributed by atoms with Crippen molar-refractivity contribution in [3.8, 4) is 0 Å². The first-order valence-corrected chi connectivity index (χ1v) is 5.75. The Balaban J connectivity index is 1.93. The van der Waals surface area contributed by atoms with E-state index in [1.165, 1.54) is 19.3 Å². The second kappa shape index (κ2) is 3.25. The van der Waals surface area contributed by atoms with Crippen LogP contribution in [0.5, 0.6) is 0 Å². The van der Waals surface area contributed by atoms with Crippen molar-refractivity contribution >= 4 is 5.91 Å². The molecule has 0 spiro atoms. The van der Waals surface area contributed by atoms with Crippen molar-refractivity contribution in [1.82, 2.24) is 4.90 Å². The van der Waals surface area contributed by atoms with E-state index in [0.717, 1.165) is 12.5 Å². The van der Waals surface area contributed by atoms with Crippen molar-refractivity contribution < 1.29 is 4.79 Å². The third-order valence-corrected chi connectivity index (χ3v) is 3.41. The summed E-state index contributed by atoms with van der Waals surface area (Å²) in [6.45, 7) is 7.46. The van der Waals surface area contributed by atoms with Crippen LogP contribution in [0, 0.1) is 11.3 Å². The lowest BCUT2D eigenvalue weighted by Crippen LogP contribution is -2.39. The fourth-order valence-corrected chi connectivity index (χ4v) is 2.79. The van der Waals surface area contributed by atoms with Crippen LogP contribution in [0.15, 0.2) is 0 Å². The van der Waals surface area contributed by atoms with Gasteiger partial charge in [-0.15, -0.1) is 0 Å². The van der Waals surface area contributed by atoms with E-state index in [9.17, 15) is 4.79 Å². The normalized spacial score (nSPS) is 31.2. The van der Waals surface area contributed by atoms with Gasteiger partial charge in [-0.05, 0) is 30.6 Å². The van der Waals surface area contributed by atoms with Crippen LogP contribution in [-0.4, -0.2) is 23.4 Å². The Morgan fingerprint density at radius 1 is 1.36 bits per heavy atom. The second-order valence-electron chi connectivity index (χ2n) is 6.12. The molecule has 0 aromatic heterocycles. The number of amides is 1. The largest absolute Gasteiger partial charge is 0.339 e. The first-order valence-electron chi connectivity index (χ1n) is 5.75. The molecule has 1 heterocycles. The number of fused-ring (bicyclic) bond motifs is 2. The van der Waals surface area contributed by atoms with Crippen LogP contribution in [0.3, 0.4) is 0 Å². The highest BCUT2D eigenvalue weighted by Gasteiger charge is 2.40. The minimum absolute atomic E-state index is 0.138. The number of piperidine rings is 1.